The Kier molecular flexibility index (Phi) is 4.75. The van der Waals surface area contributed by atoms with Gasteiger partial charge < -0.3 is 5.32 Å². The maximum Gasteiger partial charge on any atom is 0 e. The zero-order valence-electron chi connectivity index (χ0n) is 6.04. The van der Waals surface area contributed by atoms with Crippen LogP contribution in [0.3, 0.4) is 0 Å². The van der Waals surface area contributed by atoms with Crippen LogP contribution in [0, 0.1) is 6.92 Å². The molecule has 0 bridgehead atoms. The summed E-state index contributed by atoms with van der Waals surface area (Å²) < 4.78 is 0. The van der Waals surface area contributed by atoms with Crippen molar-refractivity contribution in [3.05, 3.63) is 42.1 Å². The van der Waals surface area contributed by atoms with Crippen molar-refractivity contribution >= 4 is 5.69 Å². The van der Waals surface area contributed by atoms with Crippen molar-refractivity contribution in [3.63, 3.8) is 0 Å². The molecule has 0 heterocycles. The molecule has 0 saturated heterocycles. The maximum absolute atomic E-state index is 4.01. The molecule has 0 N–H and O–H groups in total. The van der Waals surface area contributed by atoms with Gasteiger partial charge in [-0.05, 0) is 0 Å². The van der Waals surface area contributed by atoms with Crippen molar-refractivity contribution in [2.45, 2.75) is 0 Å². The molecule has 1 nitrogen and oxygen atoms in total. The van der Waals surface area contributed by atoms with Gasteiger partial charge in [-0.1, -0.05) is 6.07 Å². The van der Waals surface area contributed by atoms with Crippen LogP contribution >= 0.6 is 0 Å². The van der Waals surface area contributed by atoms with Crippen molar-refractivity contribution in [2.24, 2.45) is 0 Å². The van der Waals surface area contributed by atoms with Gasteiger partial charge >= 0.3 is 0 Å². The van der Waals surface area contributed by atoms with Crippen LogP contribution in [0.2, 0.25) is 0 Å². The largest absolute Gasteiger partial charge is 0.745 e. The molecule has 0 aliphatic heterocycles. The molecule has 10 heavy (non-hydrogen) atoms. The fourth-order valence-corrected chi connectivity index (χ4v) is 0.729. The van der Waals surface area contributed by atoms with Crippen LogP contribution in [-0.2, 0) is 32.7 Å². The Bertz CT molecular complexity index is 198. The first-order valence-electron chi connectivity index (χ1n) is 2.85. The maximum atomic E-state index is 4.01. The summed E-state index contributed by atoms with van der Waals surface area (Å²) in [5, 5.41) is 4.01. The number of hydrogen-bond acceptors (Lipinski definition) is 0. The zero-order valence-corrected chi connectivity index (χ0v) is 8.88. The molecule has 0 aliphatic carbocycles. The van der Waals surface area contributed by atoms with Crippen molar-refractivity contribution in [1.29, 1.82) is 0 Å². The van der Waals surface area contributed by atoms with E-state index in [4.69, 9.17) is 0 Å². The average Bonchev–Trinajstić information content (AvgIpc) is 1.89. The van der Waals surface area contributed by atoms with Crippen molar-refractivity contribution in [1.82, 2.24) is 0 Å². The Morgan fingerprint density at radius 3 is 2.30 bits per heavy atom. The fourth-order valence-electron chi connectivity index (χ4n) is 0.729. The van der Waals surface area contributed by atoms with Crippen molar-refractivity contribution < 1.29 is 32.7 Å². The Morgan fingerprint density at radius 2 is 1.90 bits per heavy atom. The molecule has 0 atom stereocenters. The van der Waals surface area contributed by atoms with E-state index in [0.717, 1.165) is 11.3 Å². The van der Waals surface area contributed by atoms with Crippen LogP contribution in [0.4, 0.5) is 5.69 Å². The summed E-state index contributed by atoms with van der Waals surface area (Å²) in [5.41, 5.74) is 1.96. The summed E-state index contributed by atoms with van der Waals surface area (Å²) in [6, 6.07) is 7.80. The molecular weight excluding hydrogens is 199 g/mol. The van der Waals surface area contributed by atoms with E-state index in [1.165, 1.54) is 0 Å². The molecule has 2 heteroatoms. The van der Waals surface area contributed by atoms with Crippen LogP contribution in [0.1, 0.15) is 5.56 Å². The van der Waals surface area contributed by atoms with E-state index in [1.807, 2.05) is 24.3 Å². The molecule has 1 aromatic carbocycles. The van der Waals surface area contributed by atoms with Crippen LogP contribution < -0.4 is 0 Å². The molecule has 0 fully saturated rings. The van der Waals surface area contributed by atoms with Crippen LogP contribution in [0.5, 0.6) is 0 Å². The van der Waals surface area contributed by atoms with Gasteiger partial charge in [0, 0.05) is 32.7 Å². The van der Waals surface area contributed by atoms with Crippen molar-refractivity contribution in [2.75, 3.05) is 7.05 Å². The minimum Gasteiger partial charge on any atom is -0.745 e. The summed E-state index contributed by atoms with van der Waals surface area (Å²) in [6.07, 6.45) is 0. The minimum absolute atomic E-state index is 0. The third kappa shape index (κ3) is 2.32. The minimum atomic E-state index is 0. The smallest absolute Gasteiger partial charge is 0 e. The van der Waals surface area contributed by atoms with E-state index in [0.29, 0.717) is 0 Å². The first-order valence-corrected chi connectivity index (χ1v) is 2.85. The van der Waals surface area contributed by atoms with Crippen LogP contribution in [0.25, 0.3) is 5.32 Å². The predicted octanol–water partition coefficient (Wildman–Crippen LogP) is 2.50. The Labute approximate surface area is 87.1 Å². The summed E-state index contributed by atoms with van der Waals surface area (Å²) >= 11 is 0. The van der Waals surface area contributed by atoms with Crippen molar-refractivity contribution in [3.8, 4) is 0 Å². The SMILES string of the molecule is [CH2-]c1ccccc1[N-]C.[Y]. The number of rotatable bonds is 1. The van der Waals surface area contributed by atoms with E-state index in [9.17, 15) is 0 Å². The van der Waals surface area contributed by atoms with E-state index < -0.39 is 0 Å². The van der Waals surface area contributed by atoms with Gasteiger partial charge in [-0.3, -0.25) is 5.69 Å². The second kappa shape index (κ2) is 4.76. The normalized spacial score (nSPS) is 8.10. The molecule has 1 rings (SSSR count). The monoisotopic (exact) mass is 208 g/mol. The predicted molar refractivity (Wildman–Crippen MR) is 39.8 cm³/mol. The summed E-state index contributed by atoms with van der Waals surface area (Å²) in [4.78, 5) is 0. The molecule has 51 valence electrons. The summed E-state index contributed by atoms with van der Waals surface area (Å²) in [7, 11) is 1.77. The molecular formula is C8H9NY-2. The van der Waals surface area contributed by atoms with E-state index in [-0.39, 0.29) is 32.7 Å². The van der Waals surface area contributed by atoms with E-state index in [1.54, 1.807) is 7.05 Å². The summed E-state index contributed by atoms with van der Waals surface area (Å²) in [6.45, 7) is 3.80. The van der Waals surface area contributed by atoms with E-state index in [2.05, 4.69) is 12.2 Å². The first kappa shape index (κ1) is 9.99. The number of nitrogens with zero attached hydrogens (tertiary/aromatic N) is 1. The van der Waals surface area contributed by atoms with Gasteiger partial charge in [-0.2, -0.15) is 13.1 Å². The fraction of sp³-hybridized carbons (Fsp3) is 0.125. The molecule has 0 aliphatic rings. The Balaban J connectivity index is 0.000000810. The standard InChI is InChI=1S/C8H9N.Y/c1-7-5-3-4-6-8(7)9-2;/h3-6H,1H2,2H3;/q-2;. The third-order valence-corrected chi connectivity index (χ3v) is 1.23. The van der Waals surface area contributed by atoms with Gasteiger partial charge in [-0.15, -0.1) is 12.1 Å². The molecule has 0 aromatic heterocycles. The van der Waals surface area contributed by atoms with E-state index >= 15 is 0 Å². The van der Waals surface area contributed by atoms with Gasteiger partial charge in [-0.25, -0.2) is 12.5 Å². The van der Waals surface area contributed by atoms with Crippen LogP contribution in [0.15, 0.2) is 24.3 Å². The van der Waals surface area contributed by atoms with Gasteiger partial charge in [0.2, 0.25) is 0 Å². The zero-order chi connectivity index (χ0) is 6.69. The molecule has 1 radical (unpaired) electrons. The Hall–Kier alpha value is -0.00610. The molecule has 0 amide bonds. The first-order chi connectivity index (χ1) is 4.34. The summed E-state index contributed by atoms with van der Waals surface area (Å²) in [5.74, 6) is 0. The number of benzene rings is 1. The van der Waals surface area contributed by atoms with Gasteiger partial charge in [0.15, 0.2) is 0 Å². The molecule has 0 spiro atoms. The second-order valence-corrected chi connectivity index (χ2v) is 1.85. The average molecular weight is 208 g/mol. The Morgan fingerprint density at radius 1 is 1.30 bits per heavy atom. The molecule has 0 unspecified atom stereocenters. The topological polar surface area (TPSA) is 14.1 Å². The van der Waals surface area contributed by atoms with Gasteiger partial charge in [0.25, 0.3) is 0 Å². The molecule has 1 aromatic rings. The van der Waals surface area contributed by atoms with Crippen LogP contribution in [-0.4, -0.2) is 7.05 Å². The third-order valence-electron chi connectivity index (χ3n) is 1.23. The van der Waals surface area contributed by atoms with Gasteiger partial charge in [0.05, 0.1) is 0 Å². The quantitative estimate of drug-likeness (QED) is 0.629. The number of para-hydroxylation sites is 1. The van der Waals surface area contributed by atoms with Gasteiger partial charge in [0.1, 0.15) is 0 Å². The second-order valence-electron chi connectivity index (χ2n) is 1.85. The molecule has 0 saturated carbocycles. The number of hydrogen-bond donors (Lipinski definition) is 0.